The minimum atomic E-state index is -0.523. The van der Waals surface area contributed by atoms with Gasteiger partial charge in [0.15, 0.2) is 5.82 Å². The molecule has 12 nitrogen and oxygen atoms in total. The van der Waals surface area contributed by atoms with E-state index in [9.17, 15) is 14.0 Å². The number of carbonyl (C=O) groups is 2. The van der Waals surface area contributed by atoms with Gasteiger partial charge in [0.05, 0.1) is 12.2 Å². The van der Waals surface area contributed by atoms with Crippen LogP contribution in [0.2, 0.25) is 0 Å². The van der Waals surface area contributed by atoms with E-state index in [1.54, 1.807) is 11.9 Å². The summed E-state index contributed by atoms with van der Waals surface area (Å²) in [5, 5.41) is 14.3. The maximum Gasteiger partial charge on any atom is 0.407 e. The number of carbonyl (C=O) groups excluding carboxylic acids is 2. The standard InChI is InChI=1S/C34H53FN8O4/c1-10-43(23(4)5)30(44)25-18-24(35)13-14-27(25)47-29-28(37-31(36-9)40-39-29)41-16-15-34(19-41)20-42(21-34)26(22(2)3)12-11-17-46-32(45)38-33(6,7)8/h13-14,18,22-23,26H,10-12,15-17,19-21H2,1-9H3,(H,38,45)(H,36,37,40)/t26-/m1/s1. The lowest BCUT2D eigenvalue weighted by Gasteiger charge is -2.53. The monoisotopic (exact) mass is 656 g/mol. The summed E-state index contributed by atoms with van der Waals surface area (Å²) in [7, 11) is 1.73. The largest absolute Gasteiger partial charge is 0.450 e. The fraction of sp³-hybridized carbons (Fsp3) is 0.676. The lowest BCUT2D eigenvalue weighted by atomic mass is 9.76. The number of likely N-dealkylation sites (tertiary alicyclic amines) is 1. The van der Waals surface area contributed by atoms with Crippen molar-refractivity contribution >= 4 is 23.8 Å². The fourth-order valence-corrected chi connectivity index (χ4v) is 6.61. The zero-order valence-corrected chi connectivity index (χ0v) is 29.5. The molecule has 0 saturated carbocycles. The van der Waals surface area contributed by atoms with Gasteiger partial charge in [0.25, 0.3) is 11.8 Å². The average Bonchev–Trinajstić information content (AvgIpc) is 3.42. The van der Waals surface area contributed by atoms with Crippen LogP contribution in [-0.2, 0) is 4.74 Å². The van der Waals surface area contributed by atoms with Crippen LogP contribution in [0.15, 0.2) is 18.2 Å². The van der Waals surface area contributed by atoms with E-state index < -0.39 is 5.82 Å². The molecule has 2 fully saturated rings. The van der Waals surface area contributed by atoms with Gasteiger partial charge in [-0.3, -0.25) is 9.69 Å². The van der Waals surface area contributed by atoms with Crippen molar-refractivity contribution in [3.8, 4) is 11.6 Å². The average molecular weight is 657 g/mol. The number of ether oxygens (including phenoxy) is 2. The van der Waals surface area contributed by atoms with Crippen molar-refractivity contribution in [3.05, 3.63) is 29.6 Å². The van der Waals surface area contributed by atoms with E-state index in [-0.39, 0.29) is 46.2 Å². The van der Waals surface area contributed by atoms with Crippen LogP contribution >= 0.6 is 0 Å². The molecule has 1 aromatic carbocycles. The third kappa shape index (κ3) is 9.00. The highest BCUT2D eigenvalue weighted by Gasteiger charge is 2.50. The predicted octanol–water partition coefficient (Wildman–Crippen LogP) is 5.56. The third-order valence-corrected chi connectivity index (χ3v) is 8.87. The SMILES string of the molecule is CCN(C(=O)c1cc(F)ccc1Oc1nnc(NC)nc1N1CCC2(C1)CN([C@H](CCCOC(=O)NC(C)(C)C)C(C)C)C2)C(C)C. The number of alkyl carbamates (subject to hydrolysis) is 1. The molecule has 13 heteroatoms. The van der Waals surface area contributed by atoms with E-state index in [4.69, 9.17) is 14.5 Å². The Labute approximate surface area is 278 Å². The number of nitrogens with one attached hydrogen (secondary N) is 2. The van der Waals surface area contributed by atoms with Crippen LogP contribution in [0.3, 0.4) is 0 Å². The first kappa shape index (κ1) is 36.1. The first-order chi connectivity index (χ1) is 22.1. The Morgan fingerprint density at radius 1 is 1.13 bits per heavy atom. The molecule has 0 unspecified atom stereocenters. The van der Waals surface area contributed by atoms with Gasteiger partial charge in [0, 0.05) is 62.8 Å². The van der Waals surface area contributed by atoms with Gasteiger partial charge in [0.1, 0.15) is 11.6 Å². The molecule has 2 saturated heterocycles. The second-order valence-corrected chi connectivity index (χ2v) is 14.5. The molecular formula is C34H53FN8O4. The number of hydrogen-bond acceptors (Lipinski definition) is 10. The molecule has 4 rings (SSSR count). The molecular weight excluding hydrogens is 603 g/mol. The van der Waals surface area contributed by atoms with Gasteiger partial charge >= 0.3 is 6.09 Å². The molecule has 1 spiro atoms. The van der Waals surface area contributed by atoms with Gasteiger partial charge in [-0.25, -0.2) is 9.18 Å². The summed E-state index contributed by atoms with van der Waals surface area (Å²) in [4.78, 5) is 36.6. The van der Waals surface area contributed by atoms with Crippen molar-refractivity contribution in [2.24, 2.45) is 11.3 Å². The molecule has 0 aliphatic carbocycles. The Kier molecular flexibility index (Phi) is 11.5. The number of hydrogen-bond donors (Lipinski definition) is 2. The van der Waals surface area contributed by atoms with E-state index >= 15 is 0 Å². The summed E-state index contributed by atoms with van der Waals surface area (Å²) in [5.41, 5.74) is -0.0955. The second-order valence-electron chi connectivity index (χ2n) is 14.5. The molecule has 2 aliphatic heterocycles. The second kappa shape index (κ2) is 15.0. The van der Waals surface area contributed by atoms with Crippen LogP contribution in [-0.4, -0.2) is 101 Å². The lowest BCUT2D eigenvalue weighted by Crippen LogP contribution is -2.62. The molecule has 3 heterocycles. The first-order valence-corrected chi connectivity index (χ1v) is 16.8. The van der Waals surface area contributed by atoms with Crippen LogP contribution in [0.1, 0.15) is 85.0 Å². The number of rotatable bonds is 13. The van der Waals surface area contributed by atoms with E-state index in [1.807, 2.05) is 41.5 Å². The maximum absolute atomic E-state index is 14.4. The first-order valence-electron chi connectivity index (χ1n) is 16.8. The number of halogens is 1. The van der Waals surface area contributed by atoms with Crippen molar-refractivity contribution in [1.82, 2.24) is 30.3 Å². The molecule has 2 aromatic rings. The van der Waals surface area contributed by atoms with Crippen molar-refractivity contribution in [2.75, 3.05) is 56.6 Å². The highest BCUT2D eigenvalue weighted by atomic mass is 19.1. The van der Waals surface area contributed by atoms with Gasteiger partial charge in [-0.05, 0) is 84.9 Å². The van der Waals surface area contributed by atoms with Crippen LogP contribution in [0.25, 0.3) is 0 Å². The zero-order chi connectivity index (χ0) is 34.5. The van der Waals surface area contributed by atoms with E-state index in [2.05, 4.69) is 44.5 Å². The van der Waals surface area contributed by atoms with Crippen LogP contribution < -0.4 is 20.3 Å². The Hall–Kier alpha value is -3.74. The van der Waals surface area contributed by atoms with Gasteiger partial charge in [0.2, 0.25) is 5.95 Å². The number of amides is 2. The smallest absolute Gasteiger partial charge is 0.407 e. The quantitative estimate of drug-likeness (QED) is 0.265. The summed E-state index contributed by atoms with van der Waals surface area (Å²) in [6.45, 7) is 20.3. The van der Waals surface area contributed by atoms with Gasteiger partial charge in [-0.2, -0.15) is 4.98 Å². The van der Waals surface area contributed by atoms with Gasteiger partial charge in [-0.15, -0.1) is 10.2 Å². The lowest BCUT2D eigenvalue weighted by molar-refractivity contribution is -0.0351. The molecule has 260 valence electrons. The molecule has 47 heavy (non-hydrogen) atoms. The topological polar surface area (TPSA) is 125 Å². The minimum Gasteiger partial charge on any atom is -0.450 e. The Bertz CT molecular complexity index is 1390. The number of anilines is 2. The summed E-state index contributed by atoms with van der Waals surface area (Å²) < 4.78 is 26.0. The van der Waals surface area contributed by atoms with Gasteiger partial charge < -0.3 is 29.9 Å². The van der Waals surface area contributed by atoms with Crippen molar-refractivity contribution in [1.29, 1.82) is 0 Å². The summed E-state index contributed by atoms with van der Waals surface area (Å²) in [6, 6.07) is 4.25. The van der Waals surface area contributed by atoms with E-state index in [1.165, 1.54) is 18.2 Å². The minimum absolute atomic E-state index is 0.0676. The van der Waals surface area contributed by atoms with Crippen LogP contribution in [0, 0.1) is 17.2 Å². The molecule has 1 atom stereocenters. The Morgan fingerprint density at radius 2 is 1.85 bits per heavy atom. The predicted molar refractivity (Wildman–Crippen MR) is 181 cm³/mol. The van der Waals surface area contributed by atoms with Crippen molar-refractivity contribution in [2.45, 2.75) is 92.3 Å². The van der Waals surface area contributed by atoms with Crippen LogP contribution in [0.5, 0.6) is 11.6 Å². The summed E-state index contributed by atoms with van der Waals surface area (Å²) in [5.74, 6) is 0.878. The number of aromatic nitrogens is 3. The highest BCUT2D eigenvalue weighted by Crippen LogP contribution is 2.45. The Balaban J connectivity index is 1.44. The van der Waals surface area contributed by atoms with E-state index in [0.29, 0.717) is 36.9 Å². The molecule has 2 aliphatic rings. The number of benzene rings is 1. The number of nitrogens with zero attached hydrogens (tertiary/aromatic N) is 6. The normalized spacial score (nSPS) is 16.7. The Morgan fingerprint density at radius 3 is 2.47 bits per heavy atom. The third-order valence-electron chi connectivity index (χ3n) is 8.87. The molecule has 2 N–H and O–H groups in total. The molecule has 0 bridgehead atoms. The highest BCUT2D eigenvalue weighted by molar-refractivity contribution is 5.97. The van der Waals surface area contributed by atoms with Crippen molar-refractivity contribution in [3.63, 3.8) is 0 Å². The van der Waals surface area contributed by atoms with Crippen LogP contribution in [0.4, 0.5) is 21.0 Å². The molecule has 1 aromatic heterocycles. The van der Waals surface area contributed by atoms with E-state index in [0.717, 1.165) is 45.4 Å². The van der Waals surface area contributed by atoms with Crippen molar-refractivity contribution < 1.29 is 23.5 Å². The molecule has 2 amide bonds. The van der Waals surface area contributed by atoms with Gasteiger partial charge in [-0.1, -0.05) is 13.8 Å². The maximum atomic E-state index is 14.4. The zero-order valence-electron chi connectivity index (χ0n) is 29.5. The summed E-state index contributed by atoms with van der Waals surface area (Å²) >= 11 is 0. The summed E-state index contributed by atoms with van der Waals surface area (Å²) in [6.07, 6.45) is 2.36. The molecule has 0 radical (unpaired) electrons. The fourth-order valence-electron chi connectivity index (χ4n) is 6.61.